The van der Waals surface area contributed by atoms with E-state index in [1.54, 1.807) is 23.7 Å². The molecule has 1 atom stereocenters. The van der Waals surface area contributed by atoms with E-state index in [1.165, 1.54) is 0 Å². The number of nitrogens with one attached hydrogen (secondary N) is 1. The Hall–Kier alpha value is -2.35. The van der Waals surface area contributed by atoms with Crippen LogP contribution in [0, 0.1) is 0 Å². The molecule has 0 fully saturated rings. The quantitative estimate of drug-likeness (QED) is 0.891. The van der Waals surface area contributed by atoms with Crippen LogP contribution in [0.15, 0.2) is 29.6 Å². The third kappa shape index (κ3) is 3.33. The van der Waals surface area contributed by atoms with Gasteiger partial charge in [0.05, 0.1) is 18.3 Å². The van der Waals surface area contributed by atoms with Gasteiger partial charge in [-0.05, 0) is 24.6 Å². The first-order chi connectivity index (χ1) is 12.6. The monoisotopic (exact) mass is 374 g/mol. The van der Waals surface area contributed by atoms with E-state index < -0.39 is 0 Å². The van der Waals surface area contributed by atoms with Crippen molar-refractivity contribution >= 4 is 17.8 Å². The molecule has 0 saturated carbocycles. The van der Waals surface area contributed by atoms with Crippen molar-refractivity contribution in [3.05, 3.63) is 35.7 Å². The van der Waals surface area contributed by atoms with Crippen molar-refractivity contribution in [1.82, 2.24) is 19.8 Å². The number of amides is 2. The summed E-state index contributed by atoms with van der Waals surface area (Å²) in [5, 5.41) is 3.98. The summed E-state index contributed by atoms with van der Waals surface area (Å²) in [6, 6.07) is 5.59. The van der Waals surface area contributed by atoms with Gasteiger partial charge in [0.25, 0.3) is 0 Å². The van der Waals surface area contributed by atoms with Gasteiger partial charge in [-0.1, -0.05) is 17.8 Å². The van der Waals surface area contributed by atoms with Gasteiger partial charge in [-0.2, -0.15) is 0 Å². The summed E-state index contributed by atoms with van der Waals surface area (Å²) in [4.78, 5) is 18.7. The molecule has 2 aliphatic heterocycles. The Kier molecular flexibility index (Phi) is 4.67. The van der Waals surface area contributed by atoms with E-state index in [0.29, 0.717) is 19.8 Å². The van der Waals surface area contributed by atoms with E-state index in [1.807, 2.05) is 31.3 Å². The van der Waals surface area contributed by atoms with Gasteiger partial charge in [-0.25, -0.2) is 9.78 Å². The van der Waals surface area contributed by atoms with Crippen LogP contribution in [0.3, 0.4) is 0 Å². The Balaban J connectivity index is 1.37. The number of aromatic nitrogens is 2. The topological polar surface area (TPSA) is 68.6 Å². The van der Waals surface area contributed by atoms with Crippen LogP contribution < -0.4 is 14.8 Å². The maximum Gasteiger partial charge on any atom is 0.317 e. The lowest BCUT2D eigenvalue weighted by Gasteiger charge is -2.27. The molecule has 2 aromatic rings. The summed E-state index contributed by atoms with van der Waals surface area (Å²) in [6.07, 6.45) is 2.01. The summed E-state index contributed by atoms with van der Waals surface area (Å²) in [7, 11) is 1.79. The minimum Gasteiger partial charge on any atom is -0.486 e. The first-order valence-electron chi connectivity index (χ1n) is 8.71. The molecule has 138 valence electrons. The van der Waals surface area contributed by atoms with E-state index in [2.05, 4.69) is 14.9 Å². The van der Waals surface area contributed by atoms with Gasteiger partial charge in [0, 0.05) is 25.5 Å². The highest BCUT2D eigenvalue weighted by molar-refractivity contribution is 7.99. The summed E-state index contributed by atoms with van der Waals surface area (Å²) >= 11 is 1.75. The average molecular weight is 374 g/mol. The van der Waals surface area contributed by atoms with Crippen molar-refractivity contribution in [2.75, 3.05) is 26.0 Å². The lowest BCUT2D eigenvalue weighted by molar-refractivity contribution is 0.170. The van der Waals surface area contributed by atoms with E-state index in [0.717, 1.165) is 40.2 Å². The maximum atomic E-state index is 12.5. The van der Waals surface area contributed by atoms with Gasteiger partial charge in [0.15, 0.2) is 16.7 Å². The fourth-order valence-electron chi connectivity index (χ4n) is 3.06. The Labute approximate surface area is 156 Å². The first kappa shape index (κ1) is 17.1. The van der Waals surface area contributed by atoms with Gasteiger partial charge in [0.2, 0.25) is 0 Å². The molecule has 2 amide bonds. The third-order valence-corrected chi connectivity index (χ3v) is 5.69. The van der Waals surface area contributed by atoms with Crippen molar-refractivity contribution in [2.45, 2.75) is 31.2 Å². The standard InChI is InChI=1S/C18H22N4O3S/c1-12(13-3-4-15-16(9-13)25-7-6-24-15)21(2)17(23)19-10-14-11-22-5-8-26-18(22)20-14/h3-4,9,11-12H,5-8,10H2,1-2H3,(H,19,23)/t12-/m0/s1. The number of imidazole rings is 1. The number of carbonyl (C=O) groups is 1. The van der Waals surface area contributed by atoms with Gasteiger partial charge in [-0.15, -0.1) is 0 Å². The second-order valence-corrected chi connectivity index (χ2v) is 7.47. The predicted molar refractivity (Wildman–Crippen MR) is 98.8 cm³/mol. The van der Waals surface area contributed by atoms with E-state index in [9.17, 15) is 4.79 Å². The molecule has 3 heterocycles. The van der Waals surface area contributed by atoms with Crippen LogP contribution in [-0.2, 0) is 13.1 Å². The zero-order chi connectivity index (χ0) is 18.1. The molecule has 1 aromatic heterocycles. The predicted octanol–water partition coefficient (Wildman–Crippen LogP) is 2.66. The average Bonchev–Trinajstić information content (AvgIpc) is 3.26. The van der Waals surface area contributed by atoms with Gasteiger partial charge in [-0.3, -0.25) is 0 Å². The van der Waals surface area contributed by atoms with Crippen LogP contribution in [0.5, 0.6) is 11.5 Å². The zero-order valence-corrected chi connectivity index (χ0v) is 15.7. The molecule has 1 N–H and O–H groups in total. The molecular weight excluding hydrogens is 352 g/mol. The maximum absolute atomic E-state index is 12.5. The van der Waals surface area contributed by atoms with Crippen LogP contribution in [0.25, 0.3) is 0 Å². The summed E-state index contributed by atoms with van der Waals surface area (Å²) < 4.78 is 13.3. The molecular formula is C18H22N4O3S. The van der Waals surface area contributed by atoms with Crippen molar-refractivity contribution in [1.29, 1.82) is 0 Å². The molecule has 4 rings (SSSR count). The van der Waals surface area contributed by atoms with Crippen molar-refractivity contribution < 1.29 is 14.3 Å². The number of fused-ring (bicyclic) bond motifs is 2. The number of hydrogen-bond acceptors (Lipinski definition) is 5. The number of nitrogens with zero attached hydrogens (tertiary/aromatic N) is 3. The summed E-state index contributed by atoms with van der Waals surface area (Å²) in [5.74, 6) is 2.56. The van der Waals surface area contributed by atoms with Gasteiger partial charge in [0.1, 0.15) is 13.2 Å². The minimum atomic E-state index is -0.131. The number of carbonyl (C=O) groups excluding carboxylic acids is 1. The molecule has 0 aliphatic carbocycles. The molecule has 7 nitrogen and oxygen atoms in total. The fraction of sp³-hybridized carbons (Fsp3) is 0.444. The molecule has 0 unspecified atom stereocenters. The molecule has 0 saturated heterocycles. The van der Waals surface area contributed by atoms with Crippen LogP contribution in [-0.4, -0.2) is 46.5 Å². The number of hydrogen-bond donors (Lipinski definition) is 1. The Morgan fingerprint density at radius 3 is 3.00 bits per heavy atom. The normalized spacial score (nSPS) is 16.1. The van der Waals surface area contributed by atoms with Gasteiger partial charge < -0.3 is 24.3 Å². The molecule has 0 spiro atoms. The first-order valence-corrected chi connectivity index (χ1v) is 9.69. The fourth-order valence-corrected chi connectivity index (χ4v) is 4.02. The Bertz CT molecular complexity index is 801. The van der Waals surface area contributed by atoms with Crippen LogP contribution >= 0.6 is 11.8 Å². The highest BCUT2D eigenvalue weighted by atomic mass is 32.2. The Morgan fingerprint density at radius 2 is 2.19 bits per heavy atom. The Morgan fingerprint density at radius 1 is 1.38 bits per heavy atom. The number of aryl methyl sites for hydroxylation is 1. The number of rotatable bonds is 4. The second-order valence-electron chi connectivity index (χ2n) is 6.41. The SMILES string of the molecule is C[C@@H](c1ccc2c(c1)OCCO2)N(C)C(=O)NCc1cn2c(n1)SCC2. The molecule has 26 heavy (non-hydrogen) atoms. The second kappa shape index (κ2) is 7.11. The lowest BCUT2D eigenvalue weighted by atomic mass is 10.1. The van der Waals surface area contributed by atoms with Crippen molar-refractivity contribution in [3.8, 4) is 11.5 Å². The molecule has 2 aliphatic rings. The number of benzene rings is 1. The van der Waals surface area contributed by atoms with Crippen molar-refractivity contribution in [3.63, 3.8) is 0 Å². The van der Waals surface area contributed by atoms with Crippen molar-refractivity contribution in [2.24, 2.45) is 0 Å². The molecule has 0 radical (unpaired) electrons. The number of thioether (sulfide) groups is 1. The molecule has 8 heteroatoms. The molecule has 0 bridgehead atoms. The third-order valence-electron chi connectivity index (χ3n) is 4.72. The van der Waals surface area contributed by atoms with E-state index >= 15 is 0 Å². The highest BCUT2D eigenvalue weighted by Crippen LogP contribution is 2.33. The van der Waals surface area contributed by atoms with E-state index in [4.69, 9.17) is 9.47 Å². The largest absolute Gasteiger partial charge is 0.486 e. The van der Waals surface area contributed by atoms with Crippen LogP contribution in [0.1, 0.15) is 24.2 Å². The number of ether oxygens (including phenoxy) is 2. The van der Waals surface area contributed by atoms with Gasteiger partial charge >= 0.3 is 6.03 Å². The number of urea groups is 1. The van der Waals surface area contributed by atoms with E-state index in [-0.39, 0.29) is 12.1 Å². The minimum absolute atomic E-state index is 0.0895. The van der Waals surface area contributed by atoms with Crippen LogP contribution in [0.2, 0.25) is 0 Å². The summed E-state index contributed by atoms with van der Waals surface area (Å²) in [5.41, 5.74) is 1.89. The van der Waals surface area contributed by atoms with Crippen LogP contribution in [0.4, 0.5) is 4.79 Å². The molecule has 1 aromatic carbocycles. The smallest absolute Gasteiger partial charge is 0.317 e. The highest BCUT2D eigenvalue weighted by Gasteiger charge is 2.21. The zero-order valence-electron chi connectivity index (χ0n) is 14.9. The lowest BCUT2D eigenvalue weighted by Crippen LogP contribution is -2.38. The summed E-state index contributed by atoms with van der Waals surface area (Å²) in [6.45, 7) is 4.53.